The number of benzene rings is 1. The summed E-state index contributed by atoms with van der Waals surface area (Å²) in [5.74, 6) is -0.644. The first-order valence-electron chi connectivity index (χ1n) is 6.83. The number of amides is 1. The summed E-state index contributed by atoms with van der Waals surface area (Å²) in [7, 11) is 0. The number of anilines is 1. The van der Waals surface area contributed by atoms with E-state index in [1.54, 1.807) is 0 Å². The number of hydrogen-bond acceptors (Lipinski definition) is 5. The minimum Gasteiger partial charge on any atom is -0.505 e. The Kier molecular flexibility index (Phi) is 5.99. The molecule has 2 N–H and O–H groups in total. The van der Waals surface area contributed by atoms with Crippen molar-refractivity contribution in [2.24, 2.45) is 0 Å². The fourth-order valence-electron chi connectivity index (χ4n) is 1.80. The molecule has 1 heterocycles. The van der Waals surface area contributed by atoms with Crippen molar-refractivity contribution in [1.29, 1.82) is 0 Å². The summed E-state index contributed by atoms with van der Waals surface area (Å²) in [4.78, 5) is 12.1. The number of aryl methyl sites for hydroxylation is 1. The molecule has 8 heteroatoms. The number of phenols is 1. The van der Waals surface area contributed by atoms with Crippen LogP contribution in [-0.2, 0) is 6.42 Å². The lowest BCUT2D eigenvalue weighted by atomic mass is 10.2. The van der Waals surface area contributed by atoms with E-state index in [4.69, 9.17) is 23.2 Å². The highest BCUT2D eigenvalue weighted by Gasteiger charge is 2.14. The number of unbranched alkanes of at least 4 members (excludes halogenated alkanes) is 2. The SMILES string of the molecule is CCCCCc1nnc(NC(=O)c2cc(Cl)c(O)c(Cl)c2)s1. The van der Waals surface area contributed by atoms with Crippen LogP contribution in [0.25, 0.3) is 0 Å². The number of hydrogen-bond donors (Lipinski definition) is 2. The summed E-state index contributed by atoms with van der Waals surface area (Å²) in [5.41, 5.74) is 0.246. The number of rotatable bonds is 6. The molecule has 0 bridgehead atoms. The zero-order valence-electron chi connectivity index (χ0n) is 11.9. The molecule has 0 aliphatic rings. The fourth-order valence-corrected chi connectivity index (χ4v) is 3.06. The van der Waals surface area contributed by atoms with Gasteiger partial charge in [-0.15, -0.1) is 10.2 Å². The van der Waals surface area contributed by atoms with Crippen molar-refractivity contribution in [3.05, 3.63) is 32.7 Å². The van der Waals surface area contributed by atoms with Gasteiger partial charge in [0.15, 0.2) is 5.75 Å². The number of phenolic OH excluding ortho intramolecular Hbond substituents is 1. The van der Waals surface area contributed by atoms with Crippen LogP contribution >= 0.6 is 34.5 Å². The maximum absolute atomic E-state index is 12.1. The first-order chi connectivity index (χ1) is 10.5. The van der Waals surface area contributed by atoms with Crippen molar-refractivity contribution in [3.63, 3.8) is 0 Å². The van der Waals surface area contributed by atoms with Gasteiger partial charge in [-0.1, -0.05) is 54.3 Å². The maximum atomic E-state index is 12.1. The van der Waals surface area contributed by atoms with Crippen molar-refractivity contribution in [2.45, 2.75) is 32.6 Å². The van der Waals surface area contributed by atoms with E-state index in [1.165, 1.54) is 23.5 Å². The van der Waals surface area contributed by atoms with E-state index in [0.29, 0.717) is 5.13 Å². The molecule has 22 heavy (non-hydrogen) atoms. The third-order valence-corrected chi connectivity index (χ3v) is 4.44. The summed E-state index contributed by atoms with van der Waals surface area (Å²) in [6.45, 7) is 2.14. The number of carbonyl (C=O) groups is 1. The Labute approximate surface area is 142 Å². The lowest BCUT2D eigenvalue weighted by Gasteiger charge is -2.05. The van der Waals surface area contributed by atoms with E-state index >= 15 is 0 Å². The van der Waals surface area contributed by atoms with Crippen LogP contribution in [0.3, 0.4) is 0 Å². The van der Waals surface area contributed by atoms with Gasteiger partial charge in [-0.2, -0.15) is 0 Å². The smallest absolute Gasteiger partial charge is 0.257 e. The summed E-state index contributed by atoms with van der Waals surface area (Å²) in [5, 5.41) is 21.5. The molecule has 0 atom stereocenters. The van der Waals surface area contributed by atoms with Crippen LogP contribution in [0.4, 0.5) is 5.13 Å². The van der Waals surface area contributed by atoms with Crippen LogP contribution in [0.2, 0.25) is 10.0 Å². The first kappa shape index (κ1) is 17.0. The van der Waals surface area contributed by atoms with Gasteiger partial charge in [-0.3, -0.25) is 10.1 Å². The van der Waals surface area contributed by atoms with Crippen molar-refractivity contribution >= 4 is 45.6 Å². The minimum atomic E-state index is -0.403. The topological polar surface area (TPSA) is 75.1 Å². The normalized spacial score (nSPS) is 10.7. The van der Waals surface area contributed by atoms with Gasteiger partial charge in [0.05, 0.1) is 10.0 Å². The van der Waals surface area contributed by atoms with Crippen molar-refractivity contribution in [2.75, 3.05) is 5.32 Å². The molecule has 0 spiro atoms. The number of aromatic hydroxyl groups is 1. The molecule has 1 aromatic heterocycles. The van der Waals surface area contributed by atoms with E-state index in [9.17, 15) is 9.90 Å². The molecule has 0 unspecified atom stereocenters. The molecule has 2 aromatic rings. The molecular formula is C14H15Cl2N3O2S. The number of aromatic nitrogens is 2. The van der Waals surface area contributed by atoms with Gasteiger partial charge in [-0.05, 0) is 18.6 Å². The second-order valence-corrected chi connectivity index (χ2v) is 6.58. The number of nitrogens with one attached hydrogen (secondary N) is 1. The molecule has 0 fully saturated rings. The molecule has 1 amide bonds. The van der Waals surface area contributed by atoms with Crippen molar-refractivity contribution in [3.8, 4) is 5.75 Å². The Morgan fingerprint density at radius 1 is 1.27 bits per heavy atom. The second kappa shape index (κ2) is 7.76. The lowest BCUT2D eigenvalue weighted by Crippen LogP contribution is -2.11. The summed E-state index contributed by atoms with van der Waals surface area (Å²) < 4.78 is 0. The predicted octanol–water partition coefficient (Wildman–Crippen LogP) is 4.54. The Balaban J connectivity index is 2.03. The lowest BCUT2D eigenvalue weighted by molar-refractivity contribution is 0.102. The van der Waals surface area contributed by atoms with E-state index in [0.717, 1.165) is 30.7 Å². The highest BCUT2D eigenvalue weighted by Crippen LogP contribution is 2.33. The van der Waals surface area contributed by atoms with Gasteiger partial charge in [0, 0.05) is 12.0 Å². The molecule has 0 radical (unpaired) electrons. The van der Waals surface area contributed by atoms with Gasteiger partial charge >= 0.3 is 0 Å². The molecule has 2 rings (SSSR count). The first-order valence-corrected chi connectivity index (χ1v) is 8.40. The van der Waals surface area contributed by atoms with Gasteiger partial charge in [0.1, 0.15) is 5.01 Å². The van der Waals surface area contributed by atoms with Crippen molar-refractivity contribution < 1.29 is 9.90 Å². The molecule has 5 nitrogen and oxygen atoms in total. The highest BCUT2D eigenvalue weighted by atomic mass is 35.5. The standard InChI is InChI=1S/C14H15Cl2N3O2S/c1-2-3-4-5-11-18-19-14(22-11)17-13(21)8-6-9(15)12(20)10(16)7-8/h6-7,20H,2-5H2,1H3,(H,17,19,21). The number of halogens is 2. The number of nitrogens with zero attached hydrogens (tertiary/aromatic N) is 2. The quantitative estimate of drug-likeness (QED) is 0.742. The molecule has 0 saturated carbocycles. The molecule has 118 valence electrons. The monoisotopic (exact) mass is 359 g/mol. The zero-order chi connectivity index (χ0) is 16.1. The average Bonchev–Trinajstić information content (AvgIpc) is 2.92. The zero-order valence-corrected chi connectivity index (χ0v) is 14.2. The number of carbonyl (C=O) groups excluding carboxylic acids is 1. The highest BCUT2D eigenvalue weighted by molar-refractivity contribution is 7.15. The maximum Gasteiger partial charge on any atom is 0.257 e. The largest absolute Gasteiger partial charge is 0.505 e. The van der Waals surface area contributed by atoms with E-state index < -0.39 is 5.91 Å². The molecule has 1 aromatic carbocycles. The van der Waals surface area contributed by atoms with Gasteiger partial charge in [0.25, 0.3) is 5.91 Å². The third-order valence-electron chi connectivity index (χ3n) is 2.96. The second-order valence-electron chi connectivity index (χ2n) is 4.70. The van der Waals surface area contributed by atoms with Crippen LogP contribution in [0, 0.1) is 0 Å². The Morgan fingerprint density at radius 2 is 1.95 bits per heavy atom. The average molecular weight is 360 g/mol. The van der Waals surface area contributed by atoms with Gasteiger partial charge in [-0.25, -0.2) is 0 Å². The van der Waals surface area contributed by atoms with Crippen molar-refractivity contribution in [1.82, 2.24) is 10.2 Å². The minimum absolute atomic E-state index is 0.0233. The van der Waals surface area contributed by atoms with Gasteiger partial charge in [0.2, 0.25) is 5.13 Å². The fraction of sp³-hybridized carbons (Fsp3) is 0.357. The molecule has 0 saturated heterocycles. The van der Waals surface area contributed by atoms with Crippen LogP contribution < -0.4 is 5.32 Å². The van der Waals surface area contributed by atoms with E-state index in [-0.39, 0.29) is 21.4 Å². The predicted molar refractivity (Wildman–Crippen MR) is 89.2 cm³/mol. The summed E-state index contributed by atoms with van der Waals surface area (Å²) in [6, 6.07) is 2.70. The molecule has 0 aliphatic heterocycles. The van der Waals surface area contributed by atoms with Gasteiger partial charge < -0.3 is 5.11 Å². The Morgan fingerprint density at radius 3 is 2.59 bits per heavy atom. The van der Waals surface area contributed by atoms with Crippen LogP contribution in [0.15, 0.2) is 12.1 Å². The van der Waals surface area contributed by atoms with E-state index in [1.807, 2.05) is 0 Å². The Bertz CT molecular complexity index is 653. The Hall–Kier alpha value is -1.37. The molecule has 0 aliphatic carbocycles. The molecular weight excluding hydrogens is 345 g/mol. The van der Waals surface area contributed by atoms with Crippen LogP contribution in [-0.4, -0.2) is 21.2 Å². The summed E-state index contributed by atoms with van der Waals surface area (Å²) in [6.07, 6.45) is 4.21. The van der Waals surface area contributed by atoms with E-state index in [2.05, 4.69) is 22.4 Å². The van der Waals surface area contributed by atoms with Crippen LogP contribution in [0.5, 0.6) is 5.75 Å². The summed E-state index contributed by atoms with van der Waals surface area (Å²) >= 11 is 13.0. The third kappa shape index (κ3) is 4.32. The van der Waals surface area contributed by atoms with Crippen LogP contribution in [0.1, 0.15) is 41.6 Å².